The lowest BCUT2D eigenvalue weighted by Gasteiger charge is -2.07. The Labute approximate surface area is 244 Å². The van der Waals surface area contributed by atoms with Crippen LogP contribution in [0.4, 0.5) is 0 Å². The third-order valence-corrected chi connectivity index (χ3v) is 7.78. The summed E-state index contributed by atoms with van der Waals surface area (Å²) in [6, 6.07) is 0. The number of hydrogen-bond donors (Lipinski definition) is 0. The largest absolute Gasteiger partial charge is 0.466 e. The van der Waals surface area contributed by atoms with Gasteiger partial charge in [-0.3, -0.25) is 9.59 Å². The SMILES string of the molecule is CCCCCCCCCCCCCCCC(=O)OCCCOC(=O)CCCCCCCCCCCCCCC. The van der Waals surface area contributed by atoms with Crippen molar-refractivity contribution in [2.45, 2.75) is 200 Å². The molecule has 0 aliphatic heterocycles. The normalized spacial score (nSPS) is 11.1. The zero-order valence-corrected chi connectivity index (χ0v) is 26.6. The topological polar surface area (TPSA) is 52.6 Å². The molecule has 0 rings (SSSR count). The van der Waals surface area contributed by atoms with Gasteiger partial charge in [-0.05, 0) is 12.8 Å². The number of hydrogen-bond acceptors (Lipinski definition) is 4. The number of rotatable bonds is 32. The van der Waals surface area contributed by atoms with Gasteiger partial charge < -0.3 is 9.47 Å². The summed E-state index contributed by atoms with van der Waals surface area (Å²) in [5, 5.41) is 0. The molecule has 0 N–H and O–H groups in total. The Morgan fingerprint density at radius 2 is 0.564 bits per heavy atom. The molecular weight excluding hydrogens is 484 g/mol. The lowest BCUT2D eigenvalue weighted by Crippen LogP contribution is -2.10. The molecule has 0 aliphatic carbocycles. The van der Waals surface area contributed by atoms with Crippen LogP contribution in [-0.4, -0.2) is 25.2 Å². The first-order chi connectivity index (χ1) is 19.2. The maximum absolute atomic E-state index is 11.9. The van der Waals surface area contributed by atoms with Crippen LogP contribution >= 0.6 is 0 Å². The first-order valence-electron chi connectivity index (χ1n) is 17.5. The Balaban J connectivity index is 3.26. The monoisotopic (exact) mass is 553 g/mol. The van der Waals surface area contributed by atoms with Crippen molar-refractivity contribution in [3.8, 4) is 0 Å². The first-order valence-corrected chi connectivity index (χ1v) is 17.5. The smallest absolute Gasteiger partial charge is 0.305 e. The van der Waals surface area contributed by atoms with Crippen LogP contribution in [0, 0.1) is 0 Å². The van der Waals surface area contributed by atoms with E-state index in [1.165, 1.54) is 141 Å². The number of esters is 2. The lowest BCUT2D eigenvalue weighted by atomic mass is 10.0. The Kier molecular flexibility index (Phi) is 32.2. The van der Waals surface area contributed by atoms with Crippen molar-refractivity contribution in [1.82, 2.24) is 0 Å². The molecule has 0 bridgehead atoms. The first kappa shape index (κ1) is 37.9. The molecule has 0 saturated heterocycles. The molecule has 0 saturated carbocycles. The Hall–Kier alpha value is -1.06. The van der Waals surface area contributed by atoms with E-state index in [2.05, 4.69) is 13.8 Å². The van der Waals surface area contributed by atoms with Gasteiger partial charge in [0.1, 0.15) is 0 Å². The summed E-state index contributed by atoms with van der Waals surface area (Å²) in [6.07, 6.45) is 35.5. The third-order valence-electron chi connectivity index (χ3n) is 7.78. The van der Waals surface area contributed by atoms with E-state index in [0.29, 0.717) is 32.5 Å². The molecular formula is C35H68O4. The van der Waals surface area contributed by atoms with Crippen LogP contribution in [0.1, 0.15) is 200 Å². The Bertz CT molecular complexity index is 461. The molecule has 4 nitrogen and oxygen atoms in total. The predicted molar refractivity (Wildman–Crippen MR) is 167 cm³/mol. The standard InChI is InChI=1S/C35H68O4/c1-3-5-7-9-11-13-15-17-19-21-23-25-27-30-34(36)38-32-29-33-39-35(37)31-28-26-24-22-20-18-16-14-12-10-8-6-4-2/h3-33H2,1-2H3. The zero-order valence-electron chi connectivity index (χ0n) is 26.6. The minimum atomic E-state index is -0.114. The number of unbranched alkanes of at least 4 members (excludes halogenated alkanes) is 24. The summed E-state index contributed by atoms with van der Waals surface area (Å²) in [5.74, 6) is -0.229. The second-order valence-electron chi connectivity index (χ2n) is 11.8. The molecule has 0 fully saturated rings. The maximum atomic E-state index is 11.9. The van der Waals surface area contributed by atoms with Crippen LogP contribution in [0.5, 0.6) is 0 Å². The van der Waals surface area contributed by atoms with Crippen LogP contribution in [0.3, 0.4) is 0 Å². The van der Waals surface area contributed by atoms with Crippen LogP contribution in [0.25, 0.3) is 0 Å². The summed E-state index contributed by atoms with van der Waals surface area (Å²) in [7, 11) is 0. The highest BCUT2D eigenvalue weighted by molar-refractivity contribution is 5.69. The van der Waals surface area contributed by atoms with Gasteiger partial charge in [-0.25, -0.2) is 0 Å². The van der Waals surface area contributed by atoms with Crippen molar-refractivity contribution in [2.75, 3.05) is 13.2 Å². The fourth-order valence-electron chi connectivity index (χ4n) is 5.15. The van der Waals surface area contributed by atoms with Gasteiger partial charge in [-0.15, -0.1) is 0 Å². The summed E-state index contributed by atoms with van der Waals surface area (Å²) in [4.78, 5) is 23.7. The fraction of sp³-hybridized carbons (Fsp3) is 0.943. The van der Waals surface area contributed by atoms with E-state index in [4.69, 9.17) is 9.47 Å². The predicted octanol–water partition coefficient (Wildman–Crippen LogP) is 11.4. The molecule has 4 heteroatoms. The number of ether oxygens (including phenoxy) is 2. The van der Waals surface area contributed by atoms with Crippen molar-refractivity contribution < 1.29 is 19.1 Å². The van der Waals surface area contributed by atoms with E-state index >= 15 is 0 Å². The van der Waals surface area contributed by atoms with E-state index in [1.807, 2.05) is 0 Å². The van der Waals surface area contributed by atoms with Gasteiger partial charge in [-0.1, -0.05) is 168 Å². The quantitative estimate of drug-likeness (QED) is 0.0615. The van der Waals surface area contributed by atoms with Crippen molar-refractivity contribution in [3.63, 3.8) is 0 Å². The second-order valence-corrected chi connectivity index (χ2v) is 11.8. The number of carbonyl (C=O) groups is 2. The van der Waals surface area contributed by atoms with Gasteiger partial charge in [0.25, 0.3) is 0 Å². The van der Waals surface area contributed by atoms with Crippen LogP contribution in [-0.2, 0) is 19.1 Å². The molecule has 0 aliphatic rings. The van der Waals surface area contributed by atoms with E-state index in [1.54, 1.807) is 0 Å². The third kappa shape index (κ3) is 33.0. The Morgan fingerprint density at radius 1 is 0.333 bits per heavy atom. The summed E-state index contributed by atoms with van der Waals surface area (Å²) >= 11 is 0. The van der Waals surface area contributed by atoms with Crippen molar-refractivity contribution in [3.05, 3.63) is 0 Å². The van der Waals surface area contributed by atoms with Crippen molar-refractivity contribution in [1.29, 1.82) is 0 Å². The molecule has 0 atom stereocenters. The Morgan fingerprint density at radius 3 is 0.821 bits per heavy atom. The van der Waals surface area contributed by atoms with Gasteiger partial charge in [0.15, 0.2) is 0 Å². The van der Waals surface area contributed by atoms with Crippen molar-refractivity contribution >= 4 is 11.9 Å². The zero-order chi connectivity index (χ0) is 28.5. The highest BCUT2D eigenvalue weighted by Crippen LogP contribution is 2.14. The molecule has 232 valence electrons. The lowest BCUT2D eigenvalue weighted by molar-refractivity contribution is -0.146. The van der Waals surface area contributed by atoms with Gasteiger partial charge in [0, 0.05) is 19.3 Å². The van der Waals surface area contributed by atoms with Crippen molar-refractivity contribution in [2.24, 2.45) is 0 Å². The van der Waals surface area contributed by atoms with E-state index in [9.17, 15) is 9.59 Å². The minimum absolute atomic E-state index is 0.114. The summed E-state index contributed by atoms with van der Waals surface area (Å²) in [5.41, 5.74) is 0. The average molecular weight is 553 g/mol. The molecule has 0 heterocycles. The molecule has 39 heavy (non-hydrogen) atoms. The van der Waals surface area contributed by atoms with Crippen LogP contribution < -0.4 is 0 Å². The maximum Gasteiger partial charge on any atom is 0.305 e. The summed E-state index contributed by atoms with van der Waals surface area (Å²) < 4.78 is 10.6. The molecule has 0 aromatic heterocycles. The van der Waals surface area contributed by atoms with E-state index in [-0.39, 0.29) is 11.9 Å². The number of carbonyl (C=O) groups excluding carboxylic acids is 2. The van der Waals surface area contributed by atoms with E-state index < -0.39 is 0 Å². The molecule has 0 radical (unpaired) electrons. The molecule has 0 aromatic rings. The van der Waals surface area contributed by atoms with Gasteiger partial charge in [0.2, 0.25) is 0 Å². The fourth-order valence-corrected chi connectivity index (χ4v) is 5.15. The molecule has 0 amide bonds. The average Bonchev–Trinajstić information content (AvgIpc) is 2.93. The van der Waals surface area contributed by atoms with Crippen LogP contribution in [0.2, 0.25) is 0 Å². The summed E-state index contributed by atoms with van der Waals surface area (Å²) in [6.45, 7) is 5.24. The molecule has 0 spiro atoms. The van der Waals surface area contributed by atoms with Gasteiger partial charge in [0.05, 0.1) is 13.2 Å². The highest BCUT2D eigenvalue weighted by atomic mass is 16.5. The van der Waals surface area contributed by atoms with Crippen LogP contribution in [0.15, 0.2) is 0 Å². The highest BCUT2D eigenvalue weighted by Gasteiger charge is 2.05. The van der Waals surface area contributed by atoms with Gasteiger partial charge >= 0.3 is 11.9 Å². The molecule has 0 aromatic carbocycles. The van der Waals surface area contributed by atoms with E-state index in [0.717, 1.165) is 25.7 Å². The minimum Gasteiger partial charge on any atom is -0.466 e. The second kappa shape index (κ2) is 33.1. The van der Waals surface area contributed by atoms with Gasteiger partial charge in [-0.2, -0.15) is 0 Å². The molecule has 0 unspecified atom stereocenters.